The maximum absolute atomic E-state index is 10.9. The van der Waals surface area contributed by atoms with Crippen molar-refractivity contribution in [2.24, 2.45) is 0 Å². The molecule has 3 heteroatoms. The predicted octanol–water partition coefficient (Wildman–Crippen LogP) is 0.678. The Morgan fingerprint density at radius 3 is 2.75 bits per heavy atom. The first-order valence-electron chi connectivity index (χ1n) is 4.42. The summed E-state index contributed by atoms with van der Waals surface area (Å²) in [5, 5.41) is 5.96. The first-order chi connectivity index (χ1) is 5.81. The zero-order valence-electron chi connectivity index (χ0n) is 7.89. The van der Waals surface area contributed by atoms with Crippen LogP contribution in [0.5, 0.6) is 0 Å². The summed E-state index contributed by atoms with van der Waals surface area (Å²) in [5.74, 6) is -0.00556. The average molecular weight is 170 g/mol. The summed E-state index contributed by atoms with van der Waals surface area (Å²) in [6, 6.07) is 0. The van der Waals surface area contributed by atoms with Crippen molar-refractivity contribution in [3.05, 3.63) is 12.2 Å². The van der Waals surface area contributed by atoms with Crippen LogP contribution in [0.2, 0.25) is 0 Å². The van der Waals surface area contributed by atoms with Gasteiger partial charge in [0.2, 0.25) is 5.91 Å². The van der Waals surface area contributed by atoms with E-state index < -0.39 is 0 Å². The number of hydrogen-bond acceptors (Lipinski definition) is 2. The Bertz CT molecular complexity index is 143. The summed E-state index contributed by atoms with van der Waals surface area (Å²) in [6.45, 7) is 6.60. The van der Waals surface area contributed by atoms with E-state index in [0.29, 0.717) is 0 Å². The van der Waals surface area contributed by atoms with Crippen molar-refractivity contribution < 1.29 is 4.79 Å². The van der Waals surface area contributed by atoms with Gasteiger partial charge in [-0.1, -0.05) is 13.0 Å². The van der Waals surface area contributed by atoms with Crippen molar-refractivity contribution >= 4 is 5.91 Å². The molecule has 0 rings (SSSR count). The fourth-order valence-corrected chi connectivity index (χ4v) is 0.812. The Labute approximate surface area is 74.2 Å². The van der Waals surface area contributed by atoms with Crippen molar-refractivity contribution in [1.29, 1.82) is 0 Å². The number of rotatable bonds is 6. The van der Waals surface area contributed by atoms with Crippen LogP contribution in [0, 0.1) is 0 Å². The maximum atomic E-state index is 10.9. The summed E-state index contributed by atoms with van der Waals surface area (Å²) in [7, 11) is 0. The second-order valence-electron chi connectivity index (χ2n) is 2.50. The van der Waals surface area contributed by atoms with Gasteiger partial charge in [-0.15, -0.1) is 0 Å². The molecule has 0 unspecified atom stereocenters. The third-order valence-electron chi connectivity index (χ3n) is 1.40. The van der Waals surface area contributed by atoms with Gasteiger partial charge in [0.25, 0.3) is 0 Å². The van der Waals surface area contributed by atoms with Crippen molar-refractivity contribution in [3.63, 3.8) is 0 Å². The van der Waals surface area contributed by atoms with Gasteiger partial charge >= 0.3 is 0 Å². The molecule has 0 atom stereocenters. The van der Waals surface area contributed by atoms with E-state index in [4.69, 9.17) is 0 Å². The lowest BCUT2D eigenvalue weighted by molar-refractivity contribution is -0.116. The van der Waals surface area contributed by atoms with Crippen LogP contribution in [0.3, 0.4) is 0 Å². The van der Waals surface area contributed by atoms with Crippen molar-refractivity contribution in [3.8, 4) is 0 Å². The Morgan fingerprint density at radius 1 is 1.42 bits per heavy atom. The summed E-state index contributed by atoms with van der Waals surface area (Å²) >= 11 is 0. The molecule has 0 aromatic heterocycles. The summed E-state index contributed by atoms with van der Waals surface area (Å²) < 4.78 is 0. The van der Waals surface area contributed by atoms with Crippen LogP contribution in [0.1, 0.15) is 20.3 Å². The van der Waals surface area contributed by atoms with Gasteiger partial charge in [0.15, 0.2) is 0 Å². The molecule has 1 amide bonds. The minimum absolute atomic E-state index is 0.00556. The van der Waals surface area contributed by atoms with Gasteiger partial charge < -0.3 is 10.6 Å². The monoisotopic (exact) mass is 170 g/mol. The molecule has 0 aliphatic heterocycles. The van der Waals surface area contributed by atoms with Gasteiger partial charge in [0.1, 0.15) is 0 Å². The van der Waals surface area contributed by atoms with E-state index in [9.17, 15) is 4.79 Å². The predicted molar refractivity (Wildman–Crippen MR) is 51.0 cm³/mol. The van der Waals surface area contributed by atoms with Crippen molar-refractivity contribution in [2.45, 2.75) is 20.3 Å². The van der Waals surface area contributed by atoms with Crippen LogP contribution in [0.4, 0.5) is 0 Å². The number of carbonyl (C=O) groups is 1. The molecule has 0 aromatic carbocycles. The van der Waals surface area contributed by atoms with Gasteiger partial charge in [-0.2, -0.15) is 0 Å². The van der Waals surface area contributed by atoms with E-state index in [2.05, 4.69) is 17.6 Å². The molecule has 2 N–H and O–H groups in total. The second-order valence-corrected chi connectivity index (χ2v) is 2.50. The third-order valence-corrected chi connectivity index (χ3v) is 1.40. The number of allylic oxidation sites excluding steroid dienone is 1. The highest BCUT2D eigenvalue weighted by Crippen LogP contribution is 1.75. The van der Waals surface area contributed by atoms with Gasteiger partial charge in [0, 0.05) is 6.54 Å². The van der Waals surface area contributed by atoms with Gasteiger partial charge in [-0.25, -0.2) is 0 Å². The molecule has 0 saturated carbocycles. The van der Waals surface area contributed by atoms with Crippen LogP contribution in [-0.4, -0.2) is 25.5 Å². The van der Waals surface area contributed by atoms with Crippen LogP contribution in [-0.2, 0) is 4.79 Å². The SMILES string of the molecule is CC=CC(=O)NCCCNCC. The Balaban J connectivity index is 3.14. The highest BCUT2D eigenvalue weighted by molar-refractivity contribution is 5.87. The van der Waals surface area contributed by atoms with Crippen LogP contribution < -0.4 is 10.6 Å². The molecule has 0 fully saturated rings. The Morgan fingerprint density at radius 2 is 2.17 bits per heavy atom. The molecule has 0 aromatic rings. The molecule has 0 spiro atoms. The highest BCUT2D eigenvalue weighted by Gasteiger charge is 1.91. The number of carbonyl (C=O) groups excluding carboxylic acids is 1. The average Bonchev–Trinajstić information content (AvgIpc) is 2.05. The highest BCUT2D eigenvalue weighted by atomic mass is 16.1. The summed E-state index contributed by atoms with van der Waals surface area (Å²) in [5.41, 5.74) is 0. The molecular weight excluding hydrogens is 152 g/mol. The van der Waals surface area contributed by atoms with E-state index in [-0.39, 0.29) is 5.91 Å². The minimum atomic E-state index is -0.00556. The van der Waals surface area contributed by atoms with Crippen LogP contribution in [0.25, 0.3) is 0 Å². The molecule has 0 aliphatic rings. The number of hydrogen-bond donors (Lipinski definition) is 2. The third kappa shape index (κ3) is 7.28. The molecule has 3 nitrogen and oxygen atoms in total. The molecule has 12 heavy (non-hydrogen) atoms. The second kappa shape index (κ2) is 8.27. The molecule has 0 radical (unpaired) electrons. The molecular formula is C9H18N2O. The standard InChI is InChI=1S/C9H18N2O/c1-3-6-9(12)11-8-5-7-10-4-2/h3,6,10H,4-5,7-8H2,1-2H3,(H,11,12). The fourth-order valence-electron chi connectivity index (χ4n) is 0.812. The molecule has 0 bridgehead atoms. The summed E-state index contributed by atoms with van der Waals surface area (Å²) in [6.07, 6.45) is 4.25. The quantitative estimate of drug-likeness (QED) is 0.454. The Hall–Kier alpha value is -0.830. The van der Waals surface area contributed by atoms with E-state index >= 15 is 0 Å². The Kier molecular flexibility index (Phi) is 7.70. The molecule has 0 aliphatic carbocycles. The van der Waals surface area contributed by atoms with Crippen LogP contribution in [0.15, 0.2) is 12.2 Å². The normalized spacial score (nSPS) is 10.5. The molecule has 0 heterocycles. The van der Waals surface area contributed by atoms with Gasteiger partial charge in [-0.3, -0.25) is 4.79 Å². The topological polar surface area (TPSA) is 41.1 Å². The smallest absolute Gasteiger partial charge is 0.243 e. The minimum Gasteiger partial charge on any atom is -0.353 e. The fraction of sp³-hybridized carbons (Fsp3) is 0.667. The van der Waals surface area contributed by atoms with Gasteiger partial charge in [0.05, 0.1) is 0 Å². The number of amides is 1. The van der Waals surface area contributed by atoms with Crippen molar-refractivity contribution in [2.75, 3.05) is 19.6 Å². The molecule has 70 valence electrons. The van der Waals surface area contributed by atoms with E-state index in [0.717, 1.165) is 26.1 Å². The molecule has 0 saturated heterocycles. The largest absolute Gasteiger partial charge is 0.353 e. The lowest BCUT2D eigenvalue weighted by Crippen LogP contribution is -2.25. The lowest BCUT2D eigenvalue weighted by Gasteiger charge is -2.02. The zero-order chi connectivity index (χ0) is 9.23. The lowest BCUT2D eigenvalue weighted by atomic mass is 10.4. The van der Waals surface area contributed by atoms with E-state index in [1.165, 1.54) is 6.08 Å². The maximum Gasteiger partial charge on any atom is 0.243 e. The summed E-state index contributed by atoms with van der Waals surface area (Å²) in [4.78, 5) is 10.9. The first-order valence-corrected chi connectivity index (χ1v) is 4.42. The van der Waals surface area contributed by atoms with E-state index in [1.807, 2.05) is 6.92 Å². The zero-order valence-corrected chi connectivity index (χ0v) is 7.89. The first kappa shape index (κ1) is 11.2. The van der Waals surface area contributed by atoms with Crippen molar-refractivity contribution in [1.82, 2.24) is 10.6 Å². The van der Waals surface area contributed by atoms with Gasteiger partial charge in [-0.05, 0) is 32.5 Å². The van der Waals surface area contributed by atoms with E-state index in [1.54, 1.807) is 6.08 Å². The van der Waals surface area contributed by atoms with Crippen LogP contribution >= 0.6 is 0 Å². The number of nitrogens with one attached hydrogen (secondary N) is 2.